The Labute approximate surface area is 182 Å². The summed E-state index contributed by atoms with van der Waals surface area (Å²) in [5, 5.41) is 13.7. The molecule has 2 aromatic heterocycles. The van der Waals surface area contributed by atoms with E-state index in [1.54, 1.807) is 18.0 Å². The van der Waals surface area contributed by atoms with Crippen molar-refractivity contribution in [2.45, 2.75) is 17.9 Å². The second kappa shape index (κ2) is 7.76. The summed E-state index contributed by atoms with van der Waals surface area (Å²) >= 11 is 1.60. The second-order valence-corrected chi connectivity index (χ2v) is 8.30. The monoisotopic (exact) mass is 431 g/mol. The van der Waals surface area contributed by atoms with E-state index in [-0.39, 0.29) is 18.4 Å². The van der Waals surface area contributed by atoms with E-state index in [4.69, 9.17) is 0 Å². The van der Waals surface area contributed by atoms with Crippen LogP contribution in [0.4, 0.5) is 0 Å². The number of para-hydroxylation sites is 1. The van der Waals surface area contributed by atoms with Gasteiger partial charge in [-0.3, -0.25) is 14.9 Å². The number of rotatable bonds is 6. The van der Waals surface area contributed by atoms with Gasteiger partial charge in [-0.05, 0) is 30.9 Å². The molecule has 0 radical (unpaired) electrons. The second-order valence-electron chi connectivity index (χ2n) is 7.45. The molecule has 6 nitrogen and oxygen atoms in total. The smallest absolute Gasteiger partial charge is 0.259 e. The van der Waals surface area contributed by atoms with Gasteiger partial charge in [0.05, 0.1) is 11.1 Å². The zero-order chi connectivity index (χ0) is 21.5. The minimum absolute atomic E-state index is 0.0828. The number of hydrogen-bond donors (Lipinski definition) is 3. The number of carbonyl (C=O) groups is 2. The number of benzene rings is 2. The van der Waals surface area contributed by atoms with E-state index in [1.807, 2.05) is 54.9 Å². The van der Waals surface area contributed by atoms with E-state index >= 15 is 0 Å². The van der Waals surface area contributed by atoms with Gasteiger partial charge in [0.1, 0.15) is 0 Å². The number of aromatic nitrogens is 2. The number of H-pyrrole nitrogens is 1. The minimum Gasteiger partial charge on any atom is -0.396 e. The predicted molar refractivity (Wildman–Crippen MR) is 124 cm³/mol. The van der Waals surface area contributed by atoms with Crippen LogP contribution in [0.15, 0.2) is 59.8 Å². The summed E-state index contributed by atoms with van der Waals surface area (Å²) in [6.07, 6.45) is 6.33. The van der Waals surface area contributed by atoms with Crippen molar-refractivity contribution in [2.24, 2.45) is 0 Å². The molecule has 5 rings (SSSR count). The van der Waals surface area contributed by atoms with Gasteiger partial charge in [-0.2, -0.15) is 0 Å². The molecule has 0 spiro atoms. The van der Waals surface area contributed by atoms with Crippen molar-refractivity contribution in [1.82, 2.24) is 14.9 Å². The molecule has 3 heterocycles. The number of carbonyl (C=O) groups excluding carboxylic acids is 2. The van der Waals surface area contributed by atoms with Crippen LogP contribution in [0.5, 0.6) is 0 Å². The number of aryl methyl sites for hydroxylation is 1. The highest BCUT2D eigenvalue weighted by Gasteiger charge is 2.35. The summed E-state index contributed by atoms with van der Waals surface area (Å²) in [6.45, 7) is 0.704. The molecule has 0 fully saturated rings. The quantitative estimate of drug-likeness (QED) is 0.320. The zero-order valence-corrected chi connectivity index (χ0v) is 17.8. The number of hydrogen-bond acceptors (Lipinski definition) is 4. The van der Waals surface area contributed by atoms with Crippen LogP contribution >= 0.6 is 11.8 Å². The Morgan fingerprint density at radius 2 is 1.77 bits per heavy atom. The SMILES string of the molecule is CSc1cccc2c1c(C1=C(c3c[nH]c4ccccc34)C(=O)NC1=O)cn2CCCO. The van der Waals surface area contributed by atoms with Crippen LogP contribution < -0.4 is 5.32 Å². The molecule has 4 aromatic rings. The van der Waals surface area contributed by atoms with Crippen molar-refractivity contribution in [3.8, 4) is 0 Å². The van der Waals surface area contributed by atoms with Gasteiger partial charge in [-0.15, -0.1) is 11.8 Å². The van der Waals surface area contributed by atoms with Crippen molar-refractivity contribution in [2.75, 3.05) is 12.9 Å². The fourth-order valence-electron chi connectivity index (χ4n) is 4.35. The van der Waals surface area contributed by atoms with Crippen LogP contribution in [0.25, 0.3) is 33.0 Å². The number of imide groups is 1. The van der Waals surface area contributed by atoms with Gasteiger partial charge in [-0.25, -0.2) is 0 Å². The van der Waals surface area contributed by atoms with Gasteiger partial charge >= 0.3 is 0 Å². The Balaban J connectivity index is 1.83. The normalized spacial score (nSPS) is 14.3. The Hall–Kier alpha value is -3.29. The summed E-state index contributed by atoms with van der Waals surface area (Å²) in [5.41, 5.74) is 4.12. The van der Waals surface area contributed by atoms with Crippen LogP contribution in [0, 0.1) is 0 Å². The maximum absolute atomic E-state index is 13.0. The third-order valence-corrected chi connectivity index (χ3v) is 6.48. The Kier molecular flexibility index (Phi) is 4.92. The lowest BCUT2D eigenvalue weighted by molar-refractivity contribution is -0.122. The fourth-order valence-corrected chi connectivity index (χ4v) is 4.99. The van der Waals surface area contributed by atoms with Crippen LogP contribution in [0.2, 0.25) is 0 Å². The molecule has 2 amide bonds. The maximum atomic E-state index is 13.0. The first kappa shape index (κ1) is 19.7. The molecule has 3 N–H and O–H groups in total. The summed E-state index contributed by atoms with van der Waals surface area (Å²) in [5.74, 6) is -0.773. The number of amides is 2. The van der Waals surface area contributed by atoms with Crippen LogP contribution in [0.3, 0.4) is 0 Å². The third kappa shape index (κ3) is 3.08. The van der Waals surface area contributed by atoms with E-state index in [1.165, 1.54) is 0 Å². The highest BCUT2D eigenvalue weighted by atomic mass is 32.2. The Bertz CT molecular complexity index is 1380. The molecule has 1 aliphatic rings. The molecule has 7 heteroatoms. The summed E-state index contributed by atoms with van der Waals surface area (Å²) in [4.78, 5) is 30.2. The number of thioether (sulfide) groups is 1. The van der Waals surface area contributed by atoms with Crippen LogP contribution in [-0.4, -0.2) is 39.3 Å². The topological polar surface area (TPSA) is 87.1 Å². The molecular weight excluding hydrogens is 410 g/mol. The molecule has 0 atom stereocenters. The Morgan fingerprint density at radius 3 is 2.55 bits per heavy atom. The molecule has 156 valence electrons. The first-order valence-electron chi connectivity index (χ1n) is 10.1. The average Bonchev–Trinajstić information content (AvgIpc) is 3.45. The summed E-state index contributed by atoms with van der Waals surface area (Å²) in [6, 6.07) is 13.8. The molecule has 0 saturated carbocycles. The Morgan fingerprint density at radius 1 is 1.00 bits per heavy atom. The molecule has 0 aliphatic carbocycles. The largest absolute Gasteiger partial charge is 0.396 e. The van der Waals surface area contributed by atoms with Gasteiger partial charge < -0.3 is 14.7 Å². The van der Waals surface area contributed by atoms with Crippen molar-refractivity contribution in [1.29, 1.82) is 0 Å². The van der Waals surface area contributed by atoms with Crippen molar-refractivity contribution < 1.29 is 14.7 Å². The van der Waals surface area contributed by atoms with Gasteiger partial charge in [-0.1, -0.05) is 24.3 Å². The van der Waals surface area contributed by atoms with Crippen molar-refractivity contribution in [3.05, 3.63) is 66.0 Å². The number of aromatic amines is 1. The fraction of sp³-hybridized carbons (Fsp3) is 0.167. The summed E-state index contributed by atoms with van der Waals surface area (Å²) < 4.78 is 2.05. The molecule has 31 heavy (non-hydrogen) atoms. The standard InChI is InChI=1S/C24H21N3O3S/c1-31-19-9-4-8-18-20(19)16(13-27(18)10-5-11-28)22-21(23(29)26-24(22)30)15-12-25-17-7-3-2-6-14(15)17/h2-4,6-9,12-13,25,28H,5,10-11H2,1H3,(H,26,29,30). The van der Waals surface area contributed by atoms with Crippen LogP contribution in [0.1, 0.15) is 17.5 Å². The number of fused-ring (bicyclic) bond motifs is 2. The van der Waals surface area contributed by atoms with E-state index in [0.717, 1.165) is 32.3 Å². The lowest BCUT2D eigenvalue weighted by Gasteiger charge is -2.06. The van der Waals surface area contributed by atoms with Crippen molar-refractivity contribution in [3.63, 3.8) is 0 Å². The lowest BCUT2D eigenvalue weighted by atomic mass is 9.95. The van der Waals surface area contributed by atoms with E-state index in [2.05, 4.69) is 14.9 Å². The van der Waals surface area contributed by atoms with E-state index in [9.17, 15) is 14.7 Å². The van der Waals surface area contributed by atoms with E-state index in [0.29, 0.717) is 29.7 Å². The minimum atomic E-state index is -0.387. The molecule has 0 saturated heterocycles. The van der Waals surface area contributed by atoms with Gasteiger partial charge in [0.15, 0.2) is 0 Å². The van der Waals surface area contributed by atoms with Crippen LogP contribution in [-0.2, 0) is 16.1 Å². The molecule has 0 bridgehead atoms. The van der Waals surface area contributed by atoms with E-state index < -0.39 is 0 Å². The first-order chi connectivity index (χ1) is 15.1. The van der Waals surface area contributed by atoms with Gasteiger partial charge in [0.25, 0.3) is 11.8 Å². The highest BCUT2D eigenvalue weighted by molar-refractivity contribution is 7.98. The maximum Gasteiger partial charge on any atom is 0.259 e. The molecular formula is C24H21N3O3S. The number of aliphatic hydroxyl groups excluding tert-OH is 1. The molecule has 0 unspecified atom stereocenters. The highest BCUT2D eigenvalue weighted by Crippen LogP contribution is 2.40. The van der Waals surface area contributed by atoms with Crippen molar-refractivity contribution >= 4 is 56.5 Å². The molecule has 2 aromatic carbocycles. The summed E-state index contributed by atoms with van der Waals surface area (Å²) in [7, 11) is 0. The number of nitrogens with zero attached hydrogens (tertiary/aromatic N) is 1. The van der Waals surface area contributed by atoms with Gasteiger partial charge in [0, 0.05) is 63.4 Å². The molecule has 1 aliphatic heterocycles. The average molecular weight is 432 g/mol. The van der Waals surface area contributed by atoms with Gasteiger partial charge in [0.2, 0.25) is 0 Å². The number of nitrogens with one attached hydrogen (secondary N) is 2. The first-order valence-corrected chi connectivity index (χ1v) is 11.3. The predicted octanol–water partition coefficient (Wildman–Crippen LogP) is 3.79. The number of aliphatic hydroxyl groups is 1. The third-order valence-electron chi connectivity index (χ3n) is 5.70. The lowest BCUT2D eigenvalue weighted by Crippen LogP contribution is -2.22. The zero-order valence-electron chi connectivity index (χ0n) is 16.9.